The molecule has 3 aromatic rings. The van der Waals surface area contributed by atoms with Crippen molar-refractivity contribution in [2.75, 3.05) is 37.6 Å². The molecule has 2 bridgehead atoms. The van der Waals surface area contributed by atoms with E-state index in [-0.39, 0.29) is 29.1 Å². The van der Waals surface area contributed by atoms with E-state index in [1.54, 1.807) is 0 Å². The Balaban J connectivity index is 1.23. The summed E-state index contributed by atoms with van der Waals surface area (Å²) in [5.74, 6) is -3.86. The number of rotatable bonds is 4. The van der Waals surface area contributed by atoms with Crippen LogP contribution in [0.5, 0.6) is 11.5 Å². The minimum atomic E-state index is -4.40. The fourth-order valence-corrected chi connectivity index (χ4v) is 5.24. The van der Waals surface area contributed by atoms with Crippen molar-refractivity contribution in [3.05, 3.63) is 52.4 Å². The topological polar surface area (TPSA) is 133 Å². The van der Waals surface area contributed by atoms with Gasteiger partial charge in [0.1, 0.15) is 0 Å². The predicted molar refractivity (Wildman–Crippen MR) is 133 cm³/mol. The first kappa shape index (κ1) is 26.8. The van der Waals surface area contributed by atoms with Gasteiger partial charge in [-0.25, -0.2) is 14.4 Å². The number of aromatic nitrogens is 2. The second kappa shape index (κ2) is 9.62. The van der Waals surface area contributed by atoms with E-state index in [1.807, 2.05) is 4.90 Å². The van der Waals surface area contributed by atoms with Gasteiger partial charge in [0, 0.05) is 45.0 Å². The van der Waals surface area contributed by atoms with Crippen molar-refractivity contribution in [2.45, 2.75) is 31.2 Å². The molecule has 6 rings (SSSR count). The largest absolute Gasteiger partial charge is 0.422 e. The number of ether oxygens (including phenoxy) is 2. The number of hydrogen-bond donors (Lipinski definition) is 1. The van der Waals surface area contributed by atoms with Crippen LogP contribution in [0.2, 0.25) is 0 Å². The lowest BCUT2D eigenvalue weighted by atomic mass is 9.95. The van der Waals surface area contributed by atoms with Crippen LogP contribution in [0.3, 0.4) is 0 Å². The maximum Gasteiger partial charge on any atom is 0.416 e. The molecule has 15 heteroatoms. The molecular weight excluding hydrogens is 553 g/mol. The molecule has 41 heavy (non-hydrogen) atoms. The van der Waals surface area contributed by atoms with E-state index in [2.05, 4.69) is 4.90 Å². The summed E-state index contributed by atoms with van der Waals surface area (Å²) in [6.07, 6.45) is -6.18. The van der Waals surface area contributed by atoms with Gasteiger partial charge in [0.25, 0.3) is 0 Å². The molecule has 216 valence electrons. The average molecular weight is 576 g/mol. The molecule has 0 saturated carbocycles. The Hall–Kier alpha value is -4.37. The van der Waals surface area contributed by atoms with E-state index < -0.39 is 53.8 Å². The first-order valence-corrected chi connectivity index (χ1v) is 12.7. The Labute approximate surface area is 228 Å². The van der Waals surface area contributed by atoms with Gasteiger partial charge in [0.05, 0.1) is 23.9 Å². The van der Waals surface area contributed by atoms with Gasteiger partial charge in [0.15, 0.2) is 16.9 Å². The van der Waals surface area contributed by atoms with Gasteiger partial charge in [0.2, 0.25) is 5.75 Å². The Morgan fingerprint density at radius 2 is 1.54 bits per heavy atom. The van der Waals surface area contributed by atoms with Crippen LogP contribution in [-0.2, 0) is 27.1 Å². The molecule has 1 saturated heterocycles. The van der Waals surface area contributed by atoms with Crippen molar-refractivity contribution in [1.82, 2.24) is 14.2 Å². The molecule has 3 aliphatic rings. The van der Waals surface area contributed by atoms with E-state index in [0.29, 0.717) is 43.1 Å². The molecule has 1 atom stereocenters. The monoisotopic (exact) mass is 576 g/mol. The molecule has 0 amide bonds. The number of imidazole rings is 1. The number of hydrogen-bond acceptors (Lipinski definition) is 10. The van der Waals surface area contributed by atoms with Crippen LogP contribution in [-0.4, -0.2) is 75.5 Å². The zero-order valence-electron chi connectivity index (χ0n) is 21.3. The van der Waals surface area contributed by atoms with Gasteiger partial charge in [-0.1, -0.05) is 0 Å². The Kier molecular flexibility index (Phi) is 6.30. The van der Waals surface area contributed by atoms with Crippen LogP contribution in [0.4, 0.5) is 18.9 Å². The number of esters is 2. The maximum absolute atomic E-state index is 13.4. The van der Waals surface area contributed by atoms with Gasteiger partial charge in [-0.2, -0.15) is 13.2 Å². The van der Waals surface area contributed by atoms with Gasteiger partial charge in [-0.3, -0.25) is 14.3 Å². The normalized spacial score (nSPS) is 21.6. The van der Waals surface area contributed by atoms with Gasteiger partial charge in [-0.05, 0) is 36.4 Å². The molecule has 1 N–H and O–H groups in total. The molecule has 2 aromatic carbocycles. The van der Waals surface area contributed by atoms with E-state index in [0.717, 1.165) is 12.1 Å². The zero-order chi connectivity index (χ0) is 29.1. The molecule has 1 fully saturated rings. The molecule has 0 radical (unpaired) electrons. The SMILES string of the molecule is O=C1CC2(O)CC(=O)On3c(=O)n(CCN4CCN(c5ccc(C(F)(F)F)cc5)CC4)c4ccc(c(c43)OC2=O)O1. The lowest BCUT2D eigenvalue weighted by Crippen LogP contribution is -2.48. The number of benzene rings is 2. The quantitative estimate of drug-likeness (QED) is 0.354. The van der Waals surface area contributed by atoms with Crippen molar-refractivity contribution in [1.29, 1.82) is 0 Å². The fraction of sp³-hybridized carbons (Fsp3) is 0.385. The number of aliphatic hydroxyl groups is 1. The Morgan fingerprint density at radius 3 is 2.22 bits per heavy atom. The van der Waals surface area contributed by atoms with Crippen LogP contribution < -0.4 is 24.9 Å². The number of alkyl halides is 3. The highest BCUT2D eigenvalue weighted by molar-refractivity contribution is 5.97. The summed E-state index contributed by atoms with van der Waals surface area (Å²) in [5, 5.41) is 10.7. The van der Waals surface area contributed by atoms with Crippen molar-refractivity contribution >= 4 is 34.6 Å². The molecule has 0 aliphatic carbocycles. The summed E-state index contributed by atoms with van der Waals surface area (Å²) in [6.45, 7) is 2.81. The smallest absolute Gasteiger partial charge is 0.416 e. The number of carbonyl (C=O) groups excluding carboxylic acids is 3. The minimum Gasteiger partial charge on any atom is -0.422 e. The summed E-state index contributed by atoms with van der Waals surface area (Å²) >= 11 is 0. The van der Waals surface area contributed by atoms with Crippen LogP contribution in [0, 0.1) is 0 Å². The summed E-state index contributed by atoms with van der Waals surface area (Å²) in [6, 6.07) is 7.80. The molecule has 1 aromatic heterocycles. The Morgan fingerprint density at radius 1 is 0.854 bits per heavy atom. The van der Waals surface area contributed by atoms with Crippen LogP contribution in [0.25, 0.3) is 11.0 Å². The van der Waals surface area contributed by atoms with Gasteiger partial charge in [-0.15, -0.1) is 4.73 Å². The van der Waals surface area contributed by atoms with E-state index in [4.69, 9.17) is 14.3 Å². The standard InChI is InChI=1S/C26H23F3N4O8/c27-26(28,29)15-1-3-16(4-2-15)31-10-7-30(8-11-31)9-12-32-17-5-6-18-22-21(17)33(24(32)37)41-20(35)14-25(38,23(36)40-22)13-19(34)39-18/h1-6,38H,7-14H2. The van der Waals surface area contributed by atoms with E-state index in [1.165, 1.54) is 28.8 Å². The molecule has 0 spiro atoms. The number of piperazine rings is 1. The molecular formula is C26H23F3N4O8. The number of carbonyl (C=O) groups is 3. The van der Waals surface area contributed by atoms with Crippen LogP contribution in [0.1, 0.15) is 18.4 Å². The van der Waals surface area contributed by atoms with Gasteiger partial charge >= 0.3 is 29.8 Å². The summed E-state index contributed by atoms with van der Waals surface area (Å²) in [4.78, 5) is 60.4. The summed E-state index contributed by atoms with van der Waals surface area (Å²) in [5.41, 5.74) is -3.18. The highest BCUT2D eigenvalue weighted by Gasteiger charge is 2.47. The number of halogens is 3. The summed E-state index contributed by atoms with van der Waals surface area (Å²) < 4.78 is 51.2. The minimum absolute atomic E-state index is 0.111. The highest BCUT2D eigenvalue weighted by Crippen LogP contribution is 2.39. The molecule has 12 nitrogen and oxygen atoms in total. The predicted octanol–water partition coefficient (Wildman–Crippen LogP) is 0.948. The molecule has 1 unspecified atom stereocenters. The lowest BCUT2D eigenvalue weighted by molar-refractivity contribution is -0.169. The van der Waals surface area contributed by atoms with Crippen LogP contribution >= 0.6 is 0 Å². The van der Waals surface area contributed by atoms with Crippen molar-refractivity contribution in [3.8, 4) is 11.5 Å². The lowest BCUT2D eigenvalue weighted by Gasteiger charge is -2.36. The van der Waals surface area contributed by atoms with E-state index >= 15 is 0 Å². The van der Waals surface area contributed by atoms with E-state index in [9.17, 15) is 37.5 Å². The molecule has 3 aliphatic heterocycles. The Bertz CT molecular complexity index is 1620. The highest BCUT2D eigenvalue weighted by atomic mass is 19.4. The number of nitrogens with zero attached hydrogens (tertiary/aromatic N) is 4. The third-order valence-electron chi connectivity index (χ3n) is 7.41. The zero-order valence-corrected chi connectivity index (χ0v) is 21.3. The average Bonchev–Trinajstić information content (AvgIpc) is 3.19. The first-order valence-electron chi connectivity index (χ1n) is 12.7. The second-order valence-electron chi connectivity index (χ2n) is 10.1. The van der Waals surface area contributed by atoms with Crippen molar-refractivity contribution in [3.63, 3.8) is 0 Å². The van der Waals surface area contributed by atoms with Crippen molar-refractivity contribution < 1.29 is 47.0 Å². The maximum atomic E-state index is 13.4. The summed E-state index contributed by atoms with van der Waals surface area (Å²) in [7, 11) is 0. The number of anilines is 1. The van der Waals surface area contributed by atoms with Crippen molar-refractivity contribution in [2.24, 2.45) is 0 Å². The third kappa shape index (κ3) is 4.80. The second-order valence-corrected chi connectivity index (χ2v) is 10.1. The number of fused-ring (bicyclic) bond motifs is 2. The third-order valence-corrected chi connectivity index (χ3v) is 7.41. The van der Waals surface area contributed by atoms with Gasteiger partial charge < -0.3 is 24.3 Å². The van der Waals surface area contributed by atoms with Crippen LogP contribution in [0.15, 0.2) is 41.2 Å². The first-order chi connectivity index (χ1) is 19.4. The molecule has 4 heterocycles. The fourth-order valence-electron chi connectivity index (χ4n) is 5.24.